The zero-order valence-electron chi connectivity index (χ0n) is 12.7. The SMILES string of the molecule is NC/C=C1\N=CC(O)=C(CCCCC[C@H]2CCC3CC32)N1. The molecule has 3 atom stereocenters. The second-order valence-electron chi connectivity index (χ2n) is 6.67. The number of nitrogens with two attached hydrogens (primary N) is 1. The molecule has 4 N–H and O–H groups in total. The van der Waals surface area contributed by atoms with Gasteiger partial charge in [-0.25, -0.2) is 4.99 Å². The molecule has 3 aliphatic rings. The first-order chi connectivity index (χ1) is 10.3. The van der Waals surface area contributed by atoms with E-state index < -0.39 is 0 Å². The predicted octanol–water partition coefficient (Wildman–Crippen LogP) is 3.23. The van der Waals surface area contributed by atoms with Crippen LogP contribution in [-0.2, 0) is 0 Å². The van der Waals surface area contributed by atoms with Gasteiger partial charge in [0.25, 0.3) is 0 Å². The Morgan fingerprint density at radius 3 is 2.95 bits per heavy atom. The number of unbranched alkanes of at least 4 members (excludes halogenated alkanes) is 2. The maximum atomic E-state index is 9.83. The zero-order valence-corrected chi connectivity index (χ0v) is 12.7. The topological polar surface area (TPSA) is 70.6 Å². The minimum atomic E-state index is 0.265. The molecule has 0 aromatic rings. The lowest BCUT2D eigenvalue weighted by Gasteiger charge is -2.16. The standard InChI is InChI=1S/C17H27N3O/c18-9-8-17-19-11-16(21)15(20-17)5-3-1-2-4-12-6-7-13-10-14(12)13/h8,11-14,20-21H,1-7,9-10,18H2/b17-8+/t12-,13?,14?/m0/s1. The minimum Gasteiger partial charge on any atom is -0.505 e. The zero-order chi connectivity index (χ0) is 14.7. The van der Waals surface area contributed by atoms with Crippen molar-refractivity contribution in [1.29, 1.82) is 0 Å². The van der Waals surface area contributed by atoms with Gasteiger partial charge in [-0.15, -0.1) is 0 Å². The lowest BCUT2D eigenvalue weighted by atomic mass is 9.96. The Morgan fingerprint density at radius 1 is 1.33 bits per heavy atom. The molecule has 2 aliphatic carbocycles. The second-order valence-corrected chi connectivity index (χ2v) is 6.67. The average Bonchev–Trinajstić information content (AvgIpc) is 3.16. The molecule has 2 unspecified atom stereocenters. The highest BCUT2D eigenvalue weighted by Gasteiger charge is 2.47. The van der Waals surface area contributed by atoms with E-state index in [1.165, 1.54) is 44.7 Å². The van der Waals surface area contributed by atoms with E-state index in [-0.39, 0.29) is 5.76 Å². The number of rotatable bonds is 7. The molecule has 2 saturated carbocycles. The molecule has 0 aromatic carbocycles. The Labute approximate surface area is 127 Å². The molecule has 4 nitrogen and oxygen atoms in total. The van der Waals surface area contributed by atoms with E-state index in [1.807, 2.05) is 6.08 Å². The second kappa shape index (κ2) is 6.65. The van der Waals surface area contributed by atoms with Crippen LogP contribution in [0.4, 0.5) is 0 Å². The van der Waals surface area contributed by atoms with Gasteiger partial charge in [0.1, 0.15) is 5.82 Å². The predicted molar refractivity (Wildman–Crippen MR) is 85.8 cm³/mol. The van der Waals surface area contributed by atoms with Crippen LogP contribution in [-0.4, -0.2) is 17.9 Å². The quantitative estimate of drug-likeness (QED) is 0.630. The number of aliphatic hydroxyl groups is 1. The van der Waals surface area contributed by atoms with Crippen molar-refractivity contribution in [2.24, 2.45) is 28.5 Å². The smallest absolute Gasteiger partial charge is 0.153 e. The van der Waals surface area contributed by atoms with Crippen LogP contribution in [0.25, 0.3) is 0 Å². The van der Waals surface area contributed by atoms with Gasteiger partial charge >= 0.3 is 0 Å². The van der Waals surface area contributed by atoms with E-state index >= 15 is 0 Å². The number of hydrogen-bond acceptors (Lipinski definition) is 4. The first kappa shape index (κ1) is 14.6. The van der Waals surface area contributed by atoms with Gasteiger partial charge in [0.05, 0.1) is 11.9 Å². The van der Waals surface area contributed by atoms with Crippen LogP contribution in [0.3, 0.4) is 0 Å². The molecule has 0 bridgehead atoms. The molecule has 1 aliphatic heterocycles. The summed E-state index contributed by atoms with van der Waals surface area (Å²) in [4.78, 5) is 4.10. The molecule has 3 rings (SSSR count). The Bertz CT molecular complexity index is 467. The summed E-state index contributed by atoms with van der Waals surface area (Å²) in [6, 6.07) is 0. The lowest BCUT2D eigenvalue weighted by Crippen LogP contribution is -2.19. The van der Waals surface area contributed by atoms with Crippen molar-refractivity contribution >= 4 is 6.21 Å². The van der Waals surface area contributed by atoms with Crippen molar-refractivity contribution < 1.29 is 5.11 Å². The molecule has 2 fully saturated rings. The number of hydrogen-bond donors (Lipinski definition) is 3. The molecule has 0 amide bonds. The monoisotopic (exact) mass is 289 g/mol. The maximum absolute atomic E-state index is 9.83. The fourth-order valence-corrected chi connectivity index (χ4v) is 3.93. The van der Waals surface area contributed by atoms with Crippen LogP contribution < -0.4 is 11.1 Å². The molecular weight excluding hydrogens is 262 g/mol. The van der Waals surface area contributed by atoms with E-state index in [9.17, 15) is 5.11 Å². The van der Waals surface area contributed by atoms with Crippen LogP contribution >= 0.6 is 0 Å². The Kier molecular flexibility index (Phi) is 4.63. The molecule has 0 spiro atoms. The van der Waals surface area contributed by atoms with Crippen LogP contribution in [0, 0.1) is 17.8 Å². The molecule has 1 heterocycles. The highest BCUT2D eigenvalue weighted by Crippen LogP contribution is 2.56. The summed E-state index contributed by atoms with van der Waals surface area (Å²) in [5, 5.41) is 13.0. The number of nitrogens with zero attached hydrogens (tertiary/aromatic N) is 1. The van der Waals surface area contributed by atoms with E-state index in [2.05, 4.69) is 10.3 Å². The van der Waals surface area contributed by atoms with E-state index in [0.717, 1.165) is 42.1 Å². The molecule has 0 radical (unpaired) electrons. The van der Waals surface area contributed by atoms with Gasteiger partial charge in [-0.05, 0) is 55.9 Å². The fraction of sp³-hybridized carbons (Fsp3) is 0.706. The molecule has 116 valence electrons. The number of nitrogens with one attached hydrogen (secondary N) is 1. The van der Waals surface area contributed by atoms with E-state index in [0.29, 0.717) is 6.54 Å². The van der Waals surface area contributed by atoms with Crippen molar-refractivity contribution in [3.05, 3.63) is 23.4 Å². The first-order valence-electron chi connectivity index (χ1n) is 8.41. The van der Waals surface area contributed by atoms with Crippen molar-refractivity contribution in [2.75, 3.05) is 6.54 Å². The van der Waals surface area contributed by atoms with Gasteiger partial charge in [0, 0.05) is 6.54 Å². The summed E-state index contributed by atoms with van der Waals surface area (Å²) in [7, 11) is 0. The van der Waals surface area contributed by atoms with Crippen LogP contribution in [0.1, 0.15) is 51.4 Å². The summed E-state index contributed by atoms with van der Waals surface area (Å²) in [5.41, 5.74) is 6.37. The number of aliphatic hydroxyl groups excluding tert-OH is 1. The van der Waals surface area contributed by atoms with Gasteiger partial charge in [-0.2, -0.15) is 0 Å². The highest BCUT2D eigenvalue weighted by molar-refractivity contribution is 5.78. The Morgan fingerprint density at radius 2 is 2.24 bits per heavy atom. The molecular formula is C17H27N3O. The average molecular weight is 289 g/mol. The third kappa shape index (κ3) is 3.67. The van der Waals surface area contributed by atoms with Gasteiger partial charge in [-0.3, -0.25) is 0 Å². The van der Waals surface area contributed by atoms with Crippen molar-refractivity contribution in [2.45, 2.75) is 51.4 Å². The van der Waals surface area contributed by atoms with E-state index in [1.54, 1.807) is 0 Å². The van der Waals surface area contributed by atoms with Crippen LogP contribution in [0.2, 0.25) is 0 Å². The highest BCUT2D eigenvalue weighted by atomic mass is 16.3. The Hall–Kier alpha value is -1.29. The van der Waals surface area contributed by atoms with E-state index in [4.69, 9.17) is 5.73 Å². The summed E-state index contributed by atoms with van der Waals surface area (Å²) < 4.78 is 0. The Balaban J connectivity index is 1.34. The molecule has 0 saturated heterocycles. The summed E-state index contributed by atoms with van der Waals surface area (Å²) in [6.45, 7) is 0.456. The maximum Gasteiger partial charge on any atom is 0.153 e. The van der Waals surface area contributed by atoms with Crippen molar-refractivity contribution in [3.63, 3.8) is 0 Å². The van der Waals surface area contributed by atoms with Crippen molar-refractivity contribution in [3.8, 4) is 0 Å². The lowest BCUT2D eigenvalue weighted by molar-refractivity contribution is 0.413. The fourth-order valence-electron chi connectivity index (χ4n) is 3.93. The van der Waals surface area contributed by atoms with Crippen LogP contribution in [0.15, 0.2) is 28.3 Å². The number of fused-ring (bicyclic) bond motifs is 1. The molecule has 0 aromatic heterocycles. The third-order valence-electron chi connectivity index (χ3n) is 5.22. The largest absolute Gasteiger partial charge is 0.505 e. The summed E-state index contributed by atoms with van der Waals surface area (Å²) in [6.07, 6.45) is 13.8. The van der Waals surface area contributed by atoms with Crippen molar-refractivity contribution in [1.82, 2.24) is 5.32 Å². The first-order valence-corrected chi connectivity index (χ1v) is 8.41. The third-order valence-corrected chi connectivity index (χ3v) is 5.22. The number of allylic oxidation sites excluding steroid dienone is 2. The molecule has 4 heteroatoms. The number of aliphatic imine (C=N–C) groups is 1. The molecule has 21 heavy (non-hydrogen) atoms. The van der Waals surface area contributed by atoms with Gasteiger partial charge in [0.15, 0.2) is 5.76 Å². The minimum absolute atomic E-state index is 0.265. The van der Waals surface area contributed by atoms with Gasteiger partial charge in [-0.1, -0.05) is 19.3 Å². The summed E-state index contributed by atoms with van der Waals surface area (Å²) in [5.74, 6) is 4.24. The normalized spacial score (nSPS) is 32.4. The van der Waals surface area contributed by atoms with Gasteiger partial charge in [0.2, 0.25) is 0 Å². The van der Waals surface area contributed by atoms with Gasteiger partial charge < -0.3 is 16.2 Å². The van der Waals surface area contributed by atoms with Crippen LogP contribution in [0.5, 0.6) is 0 Å². The summed E-state index contributed by atoms with van der Waals surface area (Å²) >= 11 is 0.